The summed E-state index contributed by atoms with van der Waals surface area (Å²) in [6.45, 7) is 1.50. The lowest BCUT2D eigenvalue weighted by atomic mass is 10.1. The predicted molar refractivity (Wildman–Crippen MR) is 99.4 cm³/mol. The van der Waals surface area contributed by atoms with Crippen LogP contribution in [0.4, 0.5) is 4.39 Å². The van der Waals surface area contributed by atoms with Gasteiger partial charge in [0.05, 0.1) is 31.6 Å². The SMILES string of the molecule is O=C1NCCN(Cc2ccoc2)[C@H]1CC(=O)N(CCO)Cc1ccccc1F. The van der Waals surface area contributed by atoms with Crippen LogP contribution in [0.25, 0.3) is 0 Å². The third-order valence-corrected chi connectivity index (χ3v) is 4.82. The Labute approximate surface area is 162 Å². The molecule has 1 aromatic carbocycles. The molecule has 0 unspecified atom stereocenters. The summed E-state index contributed by atoms with van der Waals surface area (Å²) >= 11 is 0. The normalized spacial score (nSPS) is 17.4. The van der Waals surface area contributed by atoms with Gasteiger partial charge in [-0.3, -0.25) is 14.5 Å². The molecule has 1 atom stereocenters. The predicted octanol–water partition coefficient (Wildman–Crippen LogP) is 1.13. The summed E-state index contributed by atoms with van der Waals surface area (Å²) in [5.41, 5.74) is 1.29. The number of nitrogens with zero attached hydrogens (tertiary/aromatic N) is 2. The minimum atomic E-state index is -0.627. The van der Waals surface area contributed by atoms with Crippen LogP contribution in [0.5, 0.6) is 0 Å². The van der Waals surface area contributed by atoms with Crippen LogP contribution < -0.4 is 5.32 Å². The molecule has 1 aromatic heterocycles. The summed E-state index contributed by atoms with van der Waals surface area (Å²) in [6.07, 6.45) is 3.14. The Hall–Kier alpha value is -2.71. The topological polar surface area (TPSA) is 86.0 Å². The summed E-state index contributed by atoms with van der Waals surface area (Å²) in [7, 11) is 0. The van der Waals surface area contributed by atoms with E-state index in [1.165, 1.54) is 11.0 Å². The number of piperazine rings is 1. The Balaban J connectivity index is 1.70. The van der Waals surface area contributed by atoms with E-state index in [1.807, 2.05) is 11.0 Å². The number of benzene rings is 1. The van der Waals surface area contributed by atoms with Crippen LogP contribution >= 0.6 is 0 Å². The van der Waals surface area contributed by atoms with E-state index in [-0.39, 0.29) is 37.9 Å². The summed E-state index contributed by atoms with van der Waals surface area (Å²) in [6, 6.07) is 7.40. The molecule has 0 bridgehead atoms. The highest BCUT2D eigenvalue weighted by atomic mass is 19.1. The van der Waals surface area contributed by atoms with Gasteiger partial charge in [-0.1, -0.05) is 18.2 Å². The lowest BCUT2D eigenvalue weighted by Gasteiger charge is -2.35. The second-order valence-corrected chi connectivity index (χ2v) is 6.74. The molecular weight excluding hydrogens is 365 g/mol. The first-order valence-corrected chi connectivity index (χ1v) is 9.23. The number of hydrogen-bond acceptors (Lipinski definition) is 5. The Morgan fingerprint density at radius 3 is 2.89 bits per heavy atom. The van der Waals surface area contributed by atoms with Gasteiger partial charge in [-0.25, -0.2) is 4.39 Å². The number of carbonyl (C=O) groups is 2. The van der Waals surface area contributed by atoms with Crippen LogP contribution in [0, 0.1) is 5.82 Å². The van der Waals surface area contributed by atoms with Gasteiger partial charge in [-0.05, 0) is 12.1 Å². The molecule has 0 radical (unpaired) electrons. The molecule has 28 heavy (non-hydrogen) atoms. The molecule has 2 heterocycles. The zero-order valence-corrected chi connectivity index (χ0v) is 15.5. The minimum Gasteiger partial charge on any atom is -0.472 e. The van der Waals surface area contributed by atoms with Gasteiger partial charge in [0, 0.05) is 43.9 Å². The fourth-order valence-corrected chi connectivity index (χ4v) is 3.33. The van der Waals surface area contributed by atoms with E-state index in [0.717, 1.165) is 5.56 Å². The molecule has 8 heteroatoms. The second-order valence-electron chi connectivity index (χ2n) is 6.74. The number of hydrogen-bond donors (Lipinski definition) is 2. The van der Waals surface area contributed by atoms with Gasteiger partial charge < -0.3 is 19.7 Å². The summed E-state index contributed by atoms with van der Waals surface area (Å²) < 4.78 is 19.0. The first-order valence-electron chi connectivity index (χ1n) is 9.23. The highest BCUT2D eigenvalue weighted by Gasteiger charge is 2.33. The molecular formula is C20H24FN3O4. The van der Waals surface area contributed by atoms with E-state index in [1.54, 1.807) is 30.7 Å². The Bertz CT molecular complexity index is 797. The van der Waals surface area contributed by atoms with Gasteiger partial charge >= 0.3 is 0 Å². The molecule has 1 fully saturated rings. The smallest absolute Gasteiger partial charge is 0.237 e. The van der Waals surface area contributed by atoms with Crippen LogP contribution in [0.1, 0.15) is 17.5 Å². The molecule has 0 spiro atoms. The van der Waals surface area contributed by atoms with Gasteiger partial charge in [0.15, 0.2) is 0 Å². The molecule has 2 aromatic rings. The van der Waals surface area contributed by atoms with Crippen LogP contribution in [0.2, 0.25) is 0 Å². The van der Waals surface area contributed by atoms with Crippen LogP contribution in [-0.4, -0.2) is 59.0 Å². The van der Waals surface area contributed by atoms with Crippen molar-refractivity contribution in [3.63, 3.8) is 0 Å². The second kappa shape index (κ2) is 9.48. The summed E-state index contributed by atoms with van der Waals surface area (Å²) in [5.74, 6) is -0.926. The van der Waals surface area contributed by atoms with E-state index < -0.39 is 11.9 Å². The zero-order valence-electron chi connectivity index (χ0n) is 15.5. The molecule has 0 saturated carbocycles. The molecule has 1 saturated heterocycles. The van der Waals surface area contributed by atoms with Crippen molar-refractivity contribution in [2.24, 2.45) is 0 Å². The van der Waals surface area contributed by atoms with Crippen LogP contribution in [0.3, 0.4) is 0 Å². The number of amides is 2. The molecule has 2 amide bonds. The molecule has 0 aliphatic carbocycles. The highest BCUT2D eigenvalue weighted by molar-refractivity contribution is 5.88. The first-order chi connectivity index (χ1) is 13.6. The van der Waals surface area contributed by atoms with Crippen molar-refractivity contribution in [1.29, 1.82) is 0 Å². The van der Waals surface area contributed by atoms with Crippen LogP contribution in [-0.2, 0) is 22.7 Å². The number of nitrogens with one attached hydrogen (secondary N) is 1. The van der Waals surface area contributed by atoms with Gasteiger partial charge in [-0.2, -0.15) is 0 Å². The standard InChI is InChI=1S/C20H24FN3O4/c21-17-4-2-1-3-16(17)13-24(8-9-25)19(26)11-18-20(27)22-6-7-23(18)12-15-5-10-28-14-15/h1-5,10,14,18,25H,6-9,11-13H2,(H,22,27)/t18-/m0/s1. The average molecular weight is 389 g/mol. The maximum absolute atomic E-state index is 14.0. The van der Waals surface area contributed by atoms with E-state index in [9.17, 15) is 19.1 Å². The van der Waals surface area contributed by atoms with Crippen LogP contribution in [0.15, 0.2) is 47.3 Å². The van der Waals surface area contributed by atoms with Crippen molar-refractivity contribution in [1.82, 2.24) is 15.1 Å². The van der Waals surface area contributed by atoms with E-state index in [2.05, 4.69) is 5.32 Å². The average Bonchev–Trinajstić information content (AvgIpc) is 3.19. The maximum atomic E-state index is 14.0. The quantitative estimate of drug-likeness (QED) is 0.707. The molecule has 150 valence electrons. The van der Waals surface area contributed by atoms with Crippen molar-refractivity contribution in [3.8, 4) is 0 Å². The lowest BCUT2D eigenvalue weighted by Crippen LogP contribution is -2.56. The van der Waals surface area contributed by atoms with Crippen molar-refractivity contribution in [2.75, 3.05) is 26.2 Å². The number of aliphatic hydroxyl groups excluding tert-OH is 1. The monoisotopic (exact) mass is 389 g/mol. The van der Waals surface area contributed by atoms with Gasteiger partial charge in [0.1, 0.15) is 5.82 Å². The Morgan fingerprint density at radius 1 is 1.36 bits per heavy atom. The highest BCUT2D eigenvalue weighted by Crippen LogP contribution is 2.17. The van der Waals surface area contributed by atoms with Gasteiger partial charge in [0.25, 0.3) is 0 Å². The number of carbonyl (C=O) groups excluding carboxylic acids is 2. The lowest BCUT2D eigenvalue weighted by molar-refractivity contribution is -0.139. The Morgan fingerprint density at radius 2 is 2.18 bits per heavy atom. The van der Waals surface area contributed by atoms with Crippen molar-refractivity contribution in [2.45, 2.75) is 25.6 Å². The fourth-order valence-electron chi connectivity index (χ4n) is 3.33. The summed E-state index contributed by atoms with van der Waals surface area (Å²) in [5, 5.41) is 12.1. The molecule has 1 aliphatic rings. The number of furan rings is 1. The van der Waals surface area contributed by atoms with Crippen molar-refractivity contribution < 1.29 is 23.5 Å². The van der Waals surface area contributed by atoms with E-state index in [0.29, 0.717) is 25.2 Å². The van der Waals surface area contributed by atoms with Gasteiger partial charge in [0.2, 0.25) is 11.8 Å². The maximum Gasteiger partial charge on any atom is 0.237 e. The largest absolute Gasteiger partial charge is 0.472 e. The zero-order chi connectivity index (χ0) is 19.9. The molecule has 2 N–H and O–H groups in total. The number of rotatable bonds is 8. The number of halogens is 1. The summed E-state index contributed by atoms with van der Waals surface area (Å²) in [4.78, 5) is 28.6. The molecule has 7 nitrogen and oxygen atoms in total. The number of aliphatic hydroxyl groups is 1. The molecule has 3 rings (SSSR count). The van der Waals surface area contributed by atoms with E-state index in [4.69, 9.17) is 4.42 Å². The van der Waals surface area contributed by atoms with E-state index >= 15 is 0 Å². The van der Waals surface area contributed by atoms with Gasteiger partial charge in [-0.15, -0.1) is 0 Å². The molecule has 1 aliphatic heterocycles. The fraction of sp³-hybridized carbons (Fsp3) is 0.400. The van der Waals surface area contributed by atoms with Crippen molar-refractivity contribution >= 4 is 11.8 Å². The van der Waals surface area contributed by atoms with Crippen molar-refractivity contribution in [3.05, 3.63) is 59.8 Å². The third kappa shape index (κ3) is 4.96. The third-order valence-electron chi connectivity index (χ3n) is 4.82. The Kier molecular flexibility index (Phi) is 6.78. The first kappa shape index (κ1) is 20.0. The minimum absolute atomic E-state index is 0.0435.